The van der Waals surface area contributed by atoms with Gasteiger partial charge in [-0.3, -0.25) is 15.1 Å². The van der Waals surface area contributed by atoms with Gasteiger partial charge in [-0.15, -0.1) is 0 Å². The van der Waals surface area contributed by atoms with Crippen molar-refractivity contribution in [1.29, 1.82) is 0 Å². The van der Waals surface area contributed by atoms with Crippen LogP contribution in [0, 0.1) is 0 Å². The molecule has 0 bridgehead atoms. The number of nitrogens with one attached hydrogen (secondary N) is 1. The van der Waals surface area contributed by atoms with E-state index in [2.05, 4.69) is 24.2 Å². The van der Waals surface area contributed by atoms with E-state index in [1.165, 1.54) is 6.26 Å². The molecule has 0 radical (unpaired) electrons. The average Bonchev–Trinajstić information content (AvgIpc) is 2.75. The van der Waals surface area contributed by atoms with Gasteiger partial charge in [0.25, 0.3) is 5.91 Å². The number of nitrogens with zero attached hydrogens (tertiary/aromatic N) is 1. The molecular formula is C12H19N3O3. The van der Waals surface area contributed by atoms with Gasteiger partial charge in [-0.1, -0.05) is 0 Å². The van der Waals surface area contributed by atoms with Crippen molar-refractivity contribution < 1.29 is 13.9 Å². The van der Waals surface area contributed by atoms with Crippen LogP contribution in [-0.4, -0.2) is 36.1 Å². The van der Waals surface area contributed by atoms with E-state index in [0.29, 0.717) is 12.1 Å². The number of ether oxygens (including phenoxy) is 1. The van der Waals surface area contributed by atoms with Gasteiger partial charge in [-0.05, 0) is 19.9 Å². The number of nitrogen functional groups attached to an aromatic ring is 1. The number of carbonyl (C=O) groups is 1. The Bertz CT molecular complexity index is 408. The smallest absolute Gasteiger partial charge is 0.268 e. The summed E-state index contributed by atoms with van der Waals surface area (Å²) >= 11 is 0. The highest BCUT2D eigenvalue weighted by Gasteiger charge is 2.23. The van der Waals surface area contributed by atoms with Crippen molar-refractivity contribution in [2.75, 3.05) is 13.1 Å². The summed E-state index contributed by atoms with van der Waals surface area (Å²) in [5.74, 6) is 5.49. The van der Waals surface area contributed by atoms with Crippen LogP contribution in [0.4, 0.5) is 0 Å². The first kappa shape index (κ1) is 13.1. The number of hydrogen-bond donors (Lipinski definition) is 2. The summed E-state index contributed by atoms with van der Waals surface area (Å²) in [7, 11) is 0. The number of hydrazine groups is 1. The molecule has 1 aliphatic heterocycles. The molecule has 3 N–H and O–H groups in total. The highest BCUT2D eigenvalue weighted by molar-refractivity contribution is 5.93. The number of rotatable bonds is 3. The molecule has 2 heterocycles. The Balaban J connectivity index is 1.96. The minimum absolute atomic E-state index is 0.218. The van der Waals surface area contributed by atoms with E-state index in [1.807, 2.05) is 0 Å². The molecule has 2 rings (SSSR count). The van der Waals surface area contributed by atoms with Gasteiger partial charge in [0.1, 0.15) is 12.0 Å². The maximum absolute atomic E-state index is 11.3. The van der Waals surface area contributed by atoms with Crippen molar-refractivity contribution in [3.05, 3.63) is 23.7 Å². The maximum Gasteiger partial charge on any atom is 0.268 e. The molecule has 1 saturated heterocycles. The second-order valence-electron chi connectivity index (χ2n) is 4.73. The third-order valence-corrected chi connectivity index (χ3v) is 2.92. The van der Waals surface area contributed by atoms with Gasteiger partial charge in [0.05, 0.1) is 24.3 Å². The third kappa shape index (κ3) is 3.10. The van der Waals surface area contributed by atoms with Crippen LogP contribution in [0.25, 0.3) is 0 Å². The SMILES string of the molecule is C[C@@H]1CN(Cc2cc(C(=O)NN)co2)C[C@H](C)O1. The number of hydrogen-bond acceptors (Lipinski definition) is 5. The van der Waals surface area contributed by atoms with Gasteiger partial charge in [0.2, 0.25) is 0 Å². The Kier molecular flexibility index (Phi) is 4.00. The van der Waals surface area contributed by atoms with E-state index in [1.54, 1.807) is 6.07 Å². The molecular weight excluding hydrogens is 234 g/mol. The fourth-order valence-electron chi connectivity index (χ4n) is 2.30. The van der Waals surface area contributed by atoms with Gasteiger partial charge in [-0.2, -0.15) is 0 Å². The highest BCUT2D eigenvalue weighted by atomic mass is 16.5. The molecule has 1 aromatic rings. The minimum Gasteiger partial charge on any atom is -0.467 e. The van der Waals surface area contributed by atoms with Crippen molar-refractivity contribution in [3.8, 4) is 0 Å². The molecule has 18 heavy (non-hydrogen) atoms. The summed E-state index contributed by atoms with van der Waals surface area (Å²) < 4.78 is 11.0. The average molecular weight is 253 g/mol. The summed E-state index contributed by atoms with van der Waals surface area (Å²) in [6.07, 6.45) is 1.86. The van der Waals surface area contributed by atoms with Gasteiger partial charge < -0.3 is 9.15 Å². The lowest BCUT2D eigenvalue weighted by Gasteiger charge is -2.34. The molecule has 6 nitrogen and oxygen atoms in total. The van der Waals surface area contributed by atoms with Crippen LogP contribution in [-0.2, 0) is 11.3 Å². The fourth-order valence-corrected chi connectivity index (χ4v) is 2.30. The van der Waals surface area contributed by atoms with Crippen LogP contribution in [0.15, 0.2) is 16.7 Å². The van der Waals surface area contributed by atoms with E-state index >= 15 is 0 Å². The predicted octanol–water partition coefficient (Wildman–Crippen LogP) is 0.492. The van der Waals surface area contributed by atoms with Crippen LogP contribution < -0.4 is 11.3 Å². The number of nitrogens with two attached hydrogens (primary N) is 1. The summed E-state index contributed by atoms with van der Waals surface area (Å²) in [6, 6.07) is 1.72. The largest absolute Gasteiger partial charge is 0.467 e. The molecule has 0 saturated carbocycles. The van der Waals surface area contributed by atoms with Crippen LogP contribution in [0.5, 0.6) is 0 Å². The molecule has 2 atom stereocenters. The Morgan fingerprint density at radius 3 is 2.78 bits per heavy atom. The first-order valence-corrected chi connectivity index (χ1v) is 6.04. The minimum atomic E-state index is -0.339. The standard InChI is InChI=1S/C12H19N3O3/c1-8-4-15(5-9(2)18-8)6-11-3-10(7-17-11)12(16)14-13/h3,7-9H,4-6,13H2,1-2H3,(H,14,16)/t8-,9+. The van der Waals surface area contributed by atoms with Crippen molar-refractivity contribution in [3.63, 3.8) is 0 Å². The highest BCUT2D eigenvalue weighted by Crippen LogP contribution is 2.16. The second kappa shape index (κ2) is 5.51. The number of furan rings is 1. The van der Waals surface area contributed by atoms with E-state index in [0.717, 1.165) is 18.8 Å². The molecule has 1 aliphatic rings. The van der Waals surface area contributed by atoms with E-state index in [-0.39, 0.29) is 18.1 Å². The lowest BCUT2D eigenvalue weighted by molar-refractivity contribution is -0.0718. The Labute approximate surface area is 106 Å². The van der Waals surface area contributed by atoms with Crippen LogP contribution in [0.3, 0.4) is 0 Å². The lowest BCUT2D eigenvalue weighted by Crippen LogP contribution is -2.44. The van der Waals surface area contributed by atoms with Gasteiger partial charge in [0, 0.05) is 13.1 Å². The van der Waals surface area contributed by atoms with E-state index < -0.39 is 0 Å². The third-order valence-electron chi connectivity index (χ3n) is 2.92. The van der Waals surface area contributed by atoms with Gasteiger partial charge in [-0.25, -0.2) is 5.84 Å². The molecule has 100 valence electrons. The number of morpholine rings is 1. The zero-order valence-corrected chi connectivity index (χ0v) is 10.7. The molecule has 1 aromatic heterocycles. The van der Waals surface area contributed by atoms with Crippen molar-refractivity contribution in [2.24, 2.45) is 5.84 Å². The van der Waals surface area contributed by atoms with Gasteiger partial charge in [0.15, 0.2) is 0 Å². The van der Waals surface area contributed by atoms with E-state index in [4.69, 9.17) is 15.0 Å². The van der Waals surface area contributed by atoms with Crippen LogP contribution in [0.1, 0.15) is 30.0 Å². The summed E-state index contributed by atoms with van der Waals surface area (Å²) in [5, 5.41) is 0. The Morgan fingerprint density at radius 1 is 1.50 bits per heavy atom. The molecule has 0 aromatic carbocycles. The summed E-state index contributed by atoms with van der Waals surface area (Å²) in [6.45, 7) is 6.51. The van der Waals surface area contributed by atoms with E-state index in [9.17, 15) is 4.79 Å². The molecule has 6 heteroatoms. The topological polar surface area (TPSA) is 80.7 Å². The zero-order chi connectivity index (χ0) is 13.1. The maximum atomic E-state index is 11.3. The Morgan fingerprint density at radius 2 is 2.17 bits per heavy atom. The van der Waals surface area contributed by atoms with Crippen LogP contribution >= 0.6 is 0 Å². The van der Waals surface area contributed by atoms with Crippen LogP contribution in [0.2, 0.25) is 0 Å². The number of amides is 1. The lowest BCUT2D eigenvalue weighted by atomic mass is 10.2. The molecule has 0 spiro atoms. The first-order chi connectivity index (χ1) is 8.58. The number of carbonyl (C=O) groups excluding carboxylic acids is 1. The normalized spacial score (nSPS) is 25.1. The summed E-state index contributed by atoms with van der Waals surface area (Å²) in [5.41, 5.74) is 2.53. The van der Waals surface area contributed by atoms with Gasteiger partial charge >= 0.3 is 0 Å². The van der Waals surface area contributed by atoms with Crippen molar-refractivity contribution in [2.45, 2.75) is 32.6 Å². The fraction of sp³-hybridized carbons (Fsp3) is 0.583. The second-order valence-corrected chi connectivity index (χ2v) is 4.73. The predicted molar refractivity (Wildman–Crippen MR) is 65.6 cm³/mol. The zero-order valence-electron chi connectivity index (χ0n) is 10.7. The first-order valence-electron chi connectivity index (χ1n) is 6.04. The summed E-state index contributed by atoms with van der Waals surface area (Å²) in [4.78, 5) is 13.5. The molecule has 1 amide bonds. The molecule has 0 unspecified atom stereocenters. The quantitative estimate of drug-likeness (QED) is 0.465. The monoisotopic (exact) mass is 253 g/mol. The van der Waals surface area contributed by atoms with Crippen molar-refractivity contribution in [1.82, 2.24) is 10.3 Å². The molecule has 0 aliphatic carbocycles. The Hall–Kier alpha value is -1.37. The molecule has 1 fully saturated rings. The van der Waals surface area contributed by atoms with Crippen molar-refractivity contribution >= 4 is 5.91 Å².